The lowest BCUT2D eigenvalue weighted by molar-refractivity contribution is -0.134. The van der Waals surface area contributed by atoms with Gasteiger partial charge >= 0.3 is 0 Å². The zero-order valence-corrected chi connectivity index (χ0v) is 10.8. The predicted octanol–water partition coefficient (Wildman–Crippen LogP) is 0.569. The fourth-order valence-corrected chi connectivity index (χ4v) is 2.47. The van der Waals surface area contributed by atoms with E-state index in [1.807, 2.05) is 29.2 Å². The summed E-state index contributed by atoms with van der Waals surface area (Å²) in [5.74, 6) is 1.05. The molecule has 1 aromatic carbocycles. The molecule has 2 aliphatic heterocycles. The van der Waals surface area contributed by atoms with Crippen LogP contribution in [0.2, 0.25) is 0 Å². The van der Waals surface area contributed by atoms with Gasteiger partial charge in [-0.25, -0.2) is 0 Å². The lowest BCUT2D eigenvalue weighted by Crippen LogP contribution is -2.45. The highest BCUT2D eigenvalue weighted by Gasteiger charge is 2.24. The highest BCUT2D eigenvalue weighted by Crippen LogP contribution is 2.31. The second kappa shape index (κ2) is 5.59. The molecule has 0 aliphatic carbocycles. The van der Waals surface area contributed by atoms with Crippen molar-refractivity contribution in [2.75, 3.05) is 39.5 Å². The van der Waals surface area contributed by atoms with Gasteiger partial charge in [-0.2, -0.15) is 0 Å². The number of morpholine rings is 1. The maximum atomic E-state index is 12.0. The first-order valence-corrected chi connectivity index (χ1v) is 6.65. The van der Waals surface area contributed by atoms with Gasteiger partial charge in [0.15, 0.2) is 0 Å². The normalized spacial score (nSPS) is 21.9. The largest absolute Gasteiger partial charge is 0.491 e. The molecule has 2 aliphatic rings. The van der Waals surface area contributed by atoms with E-state index in [0.717, 1.165) is 11.3 Å². The fraction of sp³-hybridized carbons (Fsp3) is 0.500. The smallest absolute Gasteiger partial charge is 0.236 e. The van der Waals surface area contributed by atoms with Crippen LogP contribution in [-0.4, -0.2) is 50.3 Å². The number of hydrogen-bond donors (Lipinski definition) is 1. The molecule has 0 aromatic heterocycles. The zero-order valence-electron chi connectivity index (χ0n) is 10.8. The molecule has 5 heteroatoms. The molecule has 1 N–H and O–H groups in total. The number of fused-ring (bicyclic) bond motifs is 1. The van der Waals surface area contributed by atoms with Crippen molar-refractivity contribution in [1.82, 2.24) is 10.2 Å². The van der Waals surface area contributed by atoms with Crippen molar-refractivity contribution < 1.29 is 14.3 Å². The van der Waals surface area contributed by atoms with Gasteiger partial charge in [0.1, 0.15) is 12.4 Å². The van der Waals surface area contributed by atoms with E-state index in [9.17, 15) is 4.79 Å². The number of amides is 1. The average Bonchev–Trinajstić information content (AvgIpc) is 2.89. The molecule has 1 atom stereocenters. The van der Waals surface area contributed by atoms with Gasteiger partial charge in [0, 0.05) is 18.7 Å². The summed E-state index contributed by atoms with van der Waals surface area (Å²) < 4.78 is 10.8. The lowest BCUT2D eigenvalue weighted by atomic mass is 10.1. The predicted molar refractivity (Wildman–Crippen MR) is 70.1 cm³/mol. The number of ether oxygens (including phenoxy) is 2. The summed E-state index contributed by atoms with van der Waals surface area (Å²) >= 11 is 0. The Morgan fingerprint density at radius 1 is 1.32 bits per heavy atom. The van der Waals surface area contributed by atoms with Crippen molar-refractivity contribution in [3.8, 4) is 5.75 Å². The quantitative estimate of drug-likeness (QED) is 0.865. The van der Waals surface area contributed by atoms with Crippen molar-refractivity contribution in [3.05, 3.63) is 29.8 Å². The molecule has 0 spiro atoms. The summed E-state index contributed by atoms with van der Waals surface area (Å²) in [7, 11) is 0. The number of benzene rings is 1. The van der Waals surface area contributed by atoms with Gasteiger partial charge in [-0.15, -0.1) is 0 Å². The van der Waals surface area contributed by atoms with Gasteiger partial charge in [0.2, 0.25) is 5.91 Å². The summed E-state index contributed by atoms with van der Waals surface area (Å²) in [5, 5.41) is 3.28. The second-order valence-corrected chi connectivity index (χ2v) is 4.78. The van der Waals surface area contributed by atoms with Gasteiger partial charge in [-0.3, -0.25) is 10.1 Å². The molecule has 102 valence electrons. The molecule has 0 bridgehead atoms. The lowest BCUT2D eigenvalue weighted by Gasteiger charge is -2.27. The number of nitrogens with one attached hydrogen (secondary N) is 1. The van der Waals surface area contributed by atoms with E-state index in [1.165, 1.54) is 0 Å². The molecular formula is C14H18N2O3. The molecule has 1 fully saturated rings. The van der Waals surface area contributed by atoms with Crippen LogP contribution >= 0.6 is 0 Å². The summed E-state index contributed by atoms with van der Waals surface area (Å²) in [6, 6.07) is 8.06. The Kier molecular flexibility index (Phi) is 3.66. The molecule has 1 amide bonds. The first-order chi connectivity index (χ1) is 9.34. The monoisotopic (exact) mass is 262 g/mol. The standard InChI is InChI=1S/C14H18N2O3/c17-14(16-5-7-18-8-6-16)9-15-12-10-19-13-4-2-1-3-11(12)13/h1-4,12,15H,5-10H2. The first-order valence-electron chi connectivity index (χ1n) is 6.65. The molecule has 1 unspecified atom stereocenters. The van der Waals surface area contributed by atoms with E-state index in [-0.39, 0.29) is 11.9 Å². The van der Waals surface area contributed by atoms with Crippen molar-refractivity contribution in [1.29, 1.82) is 0 Å². The molecular weight excluding hydrogens is 244 g/mol. The minimum Gasteiger partial charge on any atom is -0.491 e. The van der Waals surface area contributed by atoms with Gasteiger partial charge in [-0.1, -0.05) is 18.2 Å². The number of carbonyl (C=O) groups excluding carboxylic acids is 1. The SMILES string of the molecule is O=C(CNC1COc2ccccc21)N1CCOCC1. The van der Waals surface area contributed by atoms with Crippen LogP contribution in [0.25, 0.3) is 0 Å². The first kappa shape index (κ1) is 12.4. The second-order valence-electron chi connectivity index (χ2n) is 4.78. The fourth-order valence-electron chi connectivity index (χ4n) is 2.47. The van der Waals surface area contributed by atoms with E-state index in [2.05, 4.69) is 5.32 Å². The van der Waals surface area contributed by atoms with Gasteiger partial charge < -0.3 is 14.4 Å². The number of carbonyl (C=O) groups is 1. The van der Waals surface area contributed by atoms with Crippen LogP contribution in [-0.2, 0) is 9.53 Å². The average molecular weight is 262 g/mol. The molecule has 0 radical (unpaired) electrons. The van der Waals surface area contributed by atoms with Crippen molar-refractivity contribution in [2.45, 2.75) is 6.04 Å². The highest BCUT2D eigenvalue weighted by atomic mass is 16.5. The Balaban J connectivity index is 1.54. The van der Waals surface area contributed by atoms with Gasteiger partial charge in [-0.05, 0) is 6.07 Å². The van der Waals surface area contributed by atoms with Crippen LogP contribution in [0.3, 0.4) is 0 Å². The van der Waals surface area contributed by atoms with E-state index >= 15 is 0 Å². The van der Waals surface area contributed by atoms with Crippen LogP contribution in [0, 0.1) is 0 Å². The Hall–Kier alpha value is -1.59. The van der Waals surface area contributed by atoms with Gasteiger partial charge in [0.25, 0.3) is 0 Å². The van der Waals surface area contributed by atoms with Gasteiger partial charge in [0.05, 0.1) is 25.8 Å². The third-order valence-electron chi connectivity index (χ3n) is 3.56. The van der Waals surface area contributed by atoms with E-state index in [1.54, 1.807) is 0 Å². The Bertz CT molecular complexity index is 458. The minimum absolute atomic E-state index is 0.112. The molecule has 19 heavy (non-hydrogen) atoms. The third kappa shape index (κ3) is 2.72. The molecule has 3 rings (SSSR count). The maximum absolute atomic E-state index is 12.0. The van der Waals surface area contributed by atoms with Crippen LogP contribution in [0.4, 0.5) is 0 Å². The van der Waals surface area contributed by atoms with Crippen LogP contribution in [0.5, 0.6) is 5.75 Å². The maximum Gasteiger partial charge on any atom is 0.236 e. The Morgan fingerprint density at radius 2 is 2.11 bits per heavy atom. The van der Waals surface area contributed by atoms with Crippen LogP contribution in [0.1, 0.15) is 11.6 Å². The molecule has 5 nitrogen and oxygen atoms in total. The molecule has 2 heterocycles. The highest BCUT2D eigenvalue weighted by molar-refractivity contribution is 5.78. The zero-order chi connectivity index (χ0) is 13.1. The summed E-state index contributed by atoms with van der Waals surface area (Å²) in [6.45, 7) is 3.61. The number of nitrogens with zero attached hydrogens (tertiary/aromatic N) is 1. The Morgan fingerprint density at radius 3 is 2.95 bits per heavy atom. The van der Waals surface area contributed by atoms with Crippen LogP contribution in [0.15, 0.2) is 24.3 Å². The third-order valence-corrected chi connectivity index (χ3v) is 3.56. The van der Waals surface area contributed by atoms with Crippen molar-refractivity contribution in [3.63, 3.8) is 0 Å². The topological polar surface area (TPSA) is 50.8 Å². The summed E-state index contributed by atoms with van der Waals surface area (Å²) in [4.78, 5) is 13.9. The van der Waals surface area contributed by atoms with Crippen molar-refractivity contribution >= 4 is 5.91 Å². The van der Waals surface area contributed by atoms with E-state index in [4.69, 9.17) is 9.47 Å². The van der Waals surface area contributed by atoms with Crippen LogP contribution < -0.4 is 10.1 Å². The number of hydrogen-bond acceptors (Lipinski definition) is 4. The molecule has 0 saturated carbocycles. The summed E-state index contributed by atoms with van der Waals surface area (Å²) in [5.41, 5.74) is 1.14. The number of para-hydroxylation sites is 1. The van der Waals surface area contributed by atoms with E-state index < -0.39 is 0 Å². The molecule has 1 aromatic rings. The molecule has 1 saturated heterocycles. The minimum atomic E-state index is 0.112. The van der Waals surface area contributed by atoms with Crippen molar-refractivity contribution in [2.24, 2.45) is 0 Å². The Labute approximate surface area is 112 Å². The number of rotatable bonds is 3. The van der Waals surface area contributed by atoms with E-state index in [0.29, 0.717) is 39.5 Å². The summed E-state index contributed by atoms with van der Waals surface area (Å²) in [6.07, 6.45) is 0.